The molecule has 3 aromatic rings. The number of sulfonamides is 1. The number of carbonyl (C=O) groups is 3. The van der Waals surface area contributed by atoms with Crippen LogP contribution in [0.1, 0.15) is 32.0 Å². The Morgan fingerprint density at radius 2 is 1.51 bits per heavy atom. The van der Waals surface area contributed by atoms with Crippen LogP contribution in [0.5, 0.6) is 0 Å². The highest BCUT2D eigenvalue weighted by atomic mass is 32.2. The topological polar surface area (TPSA) is 160 Å². The van der Waals surface area contributed by atoms with Crippen LogP contribution in [0.25, 0.3) is 5.69 Å². The Hall–Kier alpha value is -4.23. The number of rotatable bonds is 11. The van der Waals surface area contributed by atoms with Crippen LogP contribution in [-0.2, 0) is 31.5 Å². The fraction of sp³-hybridized carbons (Fsp3) is 0.357. The molecule has 41 heavy (non-hydrogen) atoms. The molecule has 2 aromatic carbocycles. The van der Waals surface area contributed by atoms with Crippen LogP contribution in [-0.4, -0.2) is 54.1 Å². The Bertz CT molecular complexity index is 1580. The average Bonchev–Trinajstić information content (AvgIpc) is 3.13. The fourth-order valence-electron chi connectivity index (χ4n) is 4.06. The largest absolute Gasteiger partial charge is 0.346 e. The predicted octanol–water partition coefficient (Wildman–Crippen LogP) is 1.36. The third kappa shape index (κ3) is 7.50. The molecule has 3 amide bonds. The molecule has 0 aliphatic heterocycles. The molecule has 4 N–H and O–H groups in total. The van der Waals surface area contributed by atoms with Crippen molar-refractivity contribution in [3.63, 3.8) is 0 Å². The van der Waals surface area contributed by atoms with Gasteiger partial charge >= 0.3 is 0 Å². The lowest BCUT2D eigenvalue weighted by atomic mass is 10.0. The second-order valence-corrected chi connectivity index (χ2v) is 11.8. The second kappa shape index (κ2) is 13.0. The van der Waals surface area contributed by atoms with Crippen LogP contribution in [0.3, 0.4) is 0 Å². The van der Waals surface area contributed by atoms with E-state index in [-0.39, 0.29) is 16.5 Å². The van der Waals surface area contributed by atoms with Crippen molar-refractivity contribution in [1.29, 1.82) is 0 Å². The van der Waals surface area contributed by atoms with Crippen LogP contribution in [0.15, 0.2) is 64.3 Å². The number of nitrogens with zero attached hydrogens (tertiary/aromatic N) is 2. The molecule has 0 spiro atoms. The van der Waals surface area contributed by atoms with E-state index in [1.807, 2.05) is 13.0 Å². The normalized spacial score (nSPS) is 13.0. The molecule has 0 bridgehead atoms. The minimum Gasteiger partial charge on any atom is -0.346 e. The van der Waals surface area contributed by atoms with Crippen molar-refractivity contribution in [3.05, 3.63) is 76.2 Å². The molecule has 0 saturated heterocycles. The third-order valence-corrected chi connectivity index (χ3v) is 8.10. The molecule has 13 heteroatoms. The lowest BCUT2D eigenvalue weighted by Crippen LogP contribution is -2.52. The lowest BCUT2D eigenvalue weighted by Gasteiger charge is -2.22. The van der Waals surface area contributed by atoms with E-state index < -0.39 is 51.9 Å². The van der Waals surface area contributed by atoms with Gasteiger partial charge in [-0.3, -0.25) is 23.9 Å². The summed E-state index contributed by atoms with van der Waals surface area (Å²) in [6.45, 7) is 7.84. The Balaban J connectivity index is 1.62. The van der Waals surface area contributed by atoms with Gasteiger partial charge < -0.3 is 16.0 Å². The van der Waals surface area contributed by atoms with Crippen LogP contribution in [0, 0.1) is 19.8 Å². The molecule has 1 heterocycles. The number of nitrogens with one attached hydrogen (secondary N) is 4. The highest BCUT2D eigenvalue weighted by Gasteiger charge is 2.28. The average molecular weight is 585 g/mol. The number of carbonyl (C=O) groups excluding carboxylic acids is 3. The number of hydrogen-bond acceptors (Lipinski definition) is 6. The van der Waals surface area contributed by atoms with Gasteiger partial charge in [-0.25, -0.2) is 13.1 Å². The molecular formula is C28H36N6O6S. The van der Waals surface area contributed by atoms with Crippen molar-refractivity contribution in [1.82, 2.24) is 24.7 Å². The SMILES string of the molecule is Cc1ccc(S(=O)(=O)N[C@@H](C)C(=O)NCC(=O)N[C@H](C(=O)Nc2c(C)n(C)n(-c3ccccc3)c2=O)C(C)C)cc1. The first-order valence-electron chi connectivity index (χ1n) is 13.0. The highest BCUT2D eigenvalue weighted by molar-refractivity contribution is 7.89. The quantitative estimate of drug-likeness (QED) is 0.266. The molecule has 3 rings (SSSR count). The lowest BCUT2D eigenvalue weighted by molar-refractivity contribution is -0.129. The predicted molar refractivity (Wildman–Crippen MR) is 155 cm³/mol. The maximum Gasteiger partial charge on any atom is 0.295 e. The minimum absolute atomic E-state index is 0.00968. The van der Waals surface area contributed by atoms with Gasteiger partial charge in [0.25, 0.3) is 5.56 Å². The van der Waals surface area contributed by atoms with Crippen molar-refractivity contribution in [2.45, 2.75) is 51.6 Å². The zero-order valence-corrected chi connectivity index (χ0v) is 24.7. The first-order chi connectivity index (χ1) is 19.2. The van der Waals surface area contributed by atoms with Gasteiger partial charge in [0, 0.05) is 7.05 Å². The zero-order chi connectivity index (χ0) is 30.5. The Labute approximate surface area is 239 Å². The van der Waals surface area contributed by atoms with Crippen LogP contribution in [0.2, 0.25) is 0 Å². The summed E-state index contributed by atoms with van der Waals surface area (Å²) in [5.41, 5.74) is 1.70. The molecule has 0 unspecified atom stereocenters. The van der Waals surface area contributed by atoms with Gasteiger partial charge in [-0.05, 0) is 51.0 Å². The molecule has 12 nitrogen and oxygen atoms in total. The van der Waals surface area contributed by atoms with Crippen LogP contribution >= 0.6 is 0 Å². The number of amides is 3. The number of aryl methyl sites for hydroxylation is 1. The monoisotopic (exact) mass is 584 g/mol. The maximum atomic E-state index is 13.2. The van der Waals surface area contributed by atoms with Crippen molar-refractivity contribution in [2.24, 2.45) is 13.0 Å². The van der Waals surface area contributed by atoms with Gasteiger partial charge in [-0.1, -0.05) is 49.7 Å². The summed E-state index contributed by atoms with van der Waals surface area (Å²) in [5, 5.41) is 7.61. The van der Waals surface area contributed by atoms with E-state index in [1.165, 1.54) is 23.7 Å². The van der Waals surface area contributed by atoms with E-state index in [1.54, 1.807) is 68.9 Å². The van der Waals surface area contributed by atoms with Gasteiger partial charge in [0.15, 0.2) is 0 Å². The summed E-state index contributed by atoms with van der Waals surface area (Å²) in [6, 6.07) is 12.9. The smallest absolute Gasteiger partial charge is 0.295 e. The number of anilines is 1. The number of hydrogen-bond donors (Lipinski definition) is 4. The molecule has 0 aliphatic carbocycles. The van der Waals surface area contributed by atoms with E-state index in [2.05, 4.69) is 20.7 Å². The molecule has 220 valence electrons. The maximum absolute atomic E-state index is 13.2. The van der Waals surface area contributed by atoms with Gasteiger partial charge in [-0.15, -0.1) is 0 Å². The third-order valence-electron chi connectivity index (χ3n) is 6.55. The molecule has 0 fully saturated rings. The first kappa shape index (κ1) is 31.3. The van der Waals surface area contributed by atoms with Gasteiger partial charge in [-0.2, -0.15) is 4.72 Å². The standard InChI is InChI=1S/C28H36N6O6S/c1-17(2)24(27(37)31-25-20(5)33(6)34(28(25)38)21-10-8-7-9-11-21)30-23(35)16-29-26(36)19(4)32-41(39,40)22-14-12-18(3)13-15-22/h7-15,17,19,24,32H,16H2,1-6H3,(H,29,36)(H,30,35)(H,31,37)/t19-,24-/m0/s1. The summed E-state index contributed by atoms with van der Waals surface area (Å²) in [7, 11) is -2.25. The number of para-hydroxylation sites is 1. The zero-order valence-electron chi connectivity index (χ0n) is 23.9. The summed E-state index contributed by atoms with van der Waals surface area (Å²) in [5.74, 6) is -2.32. The Morgan fingerprint density at radius 1 is 0.902 bits per heavy atom. The van der Waals surface area contributed by atoms with Crippen molar-refractivity contribution < 1.29 is 22.8 Å². The van der Waals surface area contributed by atoms with Crippen LogP contribution < -0.4 is 26.2 Å². The van der Waals surface area contributed by atoms with Crippen LogP contribution in [0.4, 0.5) is 5.69 Å². The van der Waals surface area contributed by atoms with Gasteiger partial charge in [0.2, 0.25) is 27.7 Å². The van der Waals surface area contributed by atoms with Crippen molar-refractivity contribution in [2.75, 3.05) is 11.9 Å². The van der Waals surface area contributed by atoms with Gasteiger partial charge in [0.1, 0.15) is 11.7 Å². The summed E-state index contributed by atoms with van der Waals surface area (Å²) in [4.78, 5) is 51.5. The van der Waals surface area contributed by atoms with E-state index in [4.69, 9.17) is 0 Å². The molecule has 0 aliphatic rings. The summed E-state index contributed by atoms with van der Waals surface area (Å²) in [6.07, 6.45) is 0. The first-order valence-corrected chi connectivity index (χ1v) is 14.5. The fourth-order valence-corrected chi connectivity index (χ4v) is 5.27. The van der Waals surface area contributed by atoms with E-state index in [0.717, 1.165) is 5.56 Å². The van der Waals surface area contributed by atoms with E-state index in [0.29, 0.717) is 11.4 Å². The Kier molecular flexibility index (Phi) is 9.89. The summed E-state index contributed by atoms with van der Waals surface area (Å²) < 4.78 is 30.4. The number of aromatic nitrogens is 2. The molecule has 2 atom stereocenters. The Morgan fingerprint density at radius 3 is 2.10 bits per heavy atom. The van der Waals surface area contributed by atoms with E-state index in [9.17, 15) is 27.6 Å². The molecular weight excluding hydrogens is 548 g/mol. The molecule has 0 radical (unpaired) electrons. The van der Waals surface area contributed by atoms with Gasteiger partial charge in [0.05, 0.1) is 28.9 Å². The number of benzene rings is 2. The second-order valence-electron chi connectivity index (χ2n) is 10.1. The summed E-state index contributed by atoms with van der Waals surface area (Å²) >= 11 is 0. The van der Waals surface area contributed by atoms with Crippen molar-refractivity contribution >= 4 is 33.4 Å². The highest BCUT2D eigenvalue weighted by Crippen LogP contribution is 2.15. The van der Waals surface area contributed by atoms with E-state index >= 15 is 0 Å². The van der Waals surface area contributed by atoms with Crippen molar-refractivity contribution in [3.8, 4) is 5.69 Å². The molecule has 1 aromatic heterocycles. The minimum atomic E-state index is -3.95. The molecule has 0 saturated carbocycles.